The zero-order valence-corrected chi connectivity index (χ0v) is 30.3. The monoisotopic (exact) mass is 653 g/mol. The second kappa shape index (κ2) is 14.2. The summed E-state index contributed by atoms with van der Waals surface area (Å²) in [6.07, 6.45) is 6.60. The van der Waals surface area contributed by atoms with E-state index < -0.39 is 5.72 Å². The van der Waals surface area contributed by atoms with Crippen LogP contribution in [0.1, 0.15) is 105 Å². The van der Waals surface area contributed by atoms with E-state index in [0.717, 1.165) is 49.2 Å². The minimum atomic E-state index is -0.823. The highest BCUT2D eigenvalue weighted by Gasteiger charge is 2.47. The minimum absolute atomic E-state index is 0.00574. The number of hydroxylamine groups is 2. The van der Waals surface area contributed by atoms with E-state index in [1.807, 2.05) is 7.05 Å². The number of hydrogen-bond donors (Lipinski definition) is 1. The van der Waals surface area contributed by atoms with Gasteiger partial charge < -0.3 is 5.32 Å². The maximum Gasteiger partial charge on any atom is 0.240 e. The molecule has 0 amide bonds. The zero-order chi connectivity index (χ0) is 34.6. The molecule has 1 aliphatic heterocycles. The van der Waals surface area contributed by atoms with Gasteiger partial charge in [-0.05, 0) is 113 Å². The van der Waals surface area contributed by atoms with Crippen LogP contribution in [-0.4, -0.2) is 35.2 Å². The Kier molecular flexibility index (Phi) is 9.92. The van der Waals surface area contributed by atoms with Crippen LogP contribution in [0.4, 0.5) is 0 Å². The van der Waals surface area contributed by atoms with Crippen molar-refractivity contribution in [1.82, 2.24) is 10.4 Å². The Labute approximate surface area is 293 Å². The number of benzene rings is 4. The quantitative estimate of drug-likeness (QED) is 0.208. The van der Waals surface area contributed by atoms with Gasteiger partial charge in [-0.3, -0.25) is 0 Å². The molecule has 1 N–H and O–H groups in total. The van der Waals surface area contributed by atoms with Gasteiger partial charge >= 0.3 is 0 Å². The number of guanidine groups is 1. The van der Waals surface area contributed by atoms with Crippen LogP contribution in [0.3, 0.4) is 0 Å². The van der Waals surface area contributed by atoms with E-state index in [-0.39, 0.29) is 17.1 Å². The Morgan fingerprint density at radius 1 is 0.694 bits per heavy atom. The van der Waals surface area contributed by atoms with Crippen LogP contribution in [0.25, 0.3) is 0 Å². The normalized spacial score (nSPS) is 16.8. The van der Waals surface area contributed by atoms with E-state index in [2.05, 4.69) is 155 Å². The predicted molar refractivity (Wildman–Crippen MR) is 201 cm³/mol. The number of hydrogen-bond acceptors (Lipinski definition) is 6. The zero-order valence-electron chi connectivity index (χ0n) is 30.3. The fraction of sp³-hybridized carbons (Fsp3) is 0.395. The van der Waals surface area contributed by atoms with E-state index in [1.165, 1.54) is 39.8 Å². The van der Waals surface area contributed by atoms with Crippen molar-refractivity contribution >= 4 is 12.0 Å². The SMILES string of the molecule is CC(C)(C)N=C=NC1c2ccccc2CCCc2ccccc21.CN1OC2(N=C1NC(C)(C)C)c1ccccc1CCCc1ccccc12. The molecule has 4 aromatic carbocycles. The van der Waals surface area contributed by atoms with Crippen LogP contribution in [0, 0.1) is 0 Å². The number of nitrogens with zero attached hydrogens (tertiary/aromatic N) is 4. The Bertz CT molecular complexity index is 1780. The number of rotatable bonds is 1. The molecule has 0 aromatic heterocycles. The lowest BCUT2D eigenvalue weighted by Crippen LogP contribution is -2.46. The molecule has 3 aliphatic rings. The molecule has 0 unspecified atom stereocenters. The molecule has 254 valence electrons. The molecule has 4 aromatic rings. The molecule has 0 fully saturated rings. The van der Waals surface area contributed by atoms with Gasteiger partial charge in [0.2, 0.25) is 11.7 Å². The molecule has 2 aliphatic carbocycles. The summed E-state index contributed by atoms with van der Waals surface area (Å²) in [7, 11) is 1.93. The molecule has 7 rings (SSSR count). The van der Waals surface area contributed by atoms with Crippen LogP contribution >= 0.6 is 0 Å². The van der Waals surface area contributed by atoms with Gasteiger partial charge in [-0.2, -0.15) is 0 Å². The summed E-state index contributed by atoms with van der Waals surface area (Å²) in [6.45, 7) is 12.6. The van der Waals surface area contributed by atoms with Crippen molar-refractivity contribution in [1.29, 1.82) is 0 Å². The first-order chi connectivity index (χ1) is 23.4. The lowest BCUT2D eigenvalue weighted by molar-refractivity contribution is -0.154. The van der Waals surface area contributed by atoms with Crippen molar-refractivity contribution < 1.29 is 4.84 Å². The van der Waals surface area contributed by atoms with Crippen LogP contribution in [0.15, 0.2) is 112 Å². The first kappa shape index (κ1) is 34.4. The molecule has 1 spiro atoms. The third-order valence-corrected chi connectivity index (χ3v) is 9.14. The highest BCUT2D eigenvalue weighted by atomic mass is 16.7. The fourth-order valence-electron chi connectivity index (χ4n) is 6.96. The molecule has 49 heavy (non-hydrogen) atoms. The fourth-order valence-corrected chi connectivity index (χ4v) is 6.96. The largest absolute Gasteiger partial charge is 0.350 e. The smallest absolute Gasteiger partial charge is 0.240 e. The number of aliphatic imine (C=N–C) groups is 3. The molecule has 0 radical (unpaired) electrons. The third kappa shape index (κ3) is 7.88. The topological polar surface area (TPSA) is 61.6 Å². The van der Waals surface area contributed by atoms with Crippen LogP contribution in [0.5, 0.6) is 0 Å². The van der Waals surface area contributed by atoms with E-state index in [4.69, 9.17) is 14.8 Å². The van der Waals surface area contributed by atoms with Gasteiger partial charge in [0.1, 0.15) is 6.04 Å². The summed E-state index contributed by atoms with van der Waals surface area (Å²) in [6, 6.07) is 37.4. The average molecular weight is 654 g/mol. The first-order valence-electron chi connectivity index (χ1n) is 17.7. The van der Waals surface area contributed by atoms with Crippen LogP contribution < -0.4 is 5.32 Å². The maximum absolute atomic E-state index is 6.50. The van der Waals surface area contributed by atoms with Gasteiger partial charge in [0, 0.05) is 23.7 Å². The maximum atomic E-state index is 6.50. The van der Waals surface area contributed by atoms with Gasteiger partial charge in [-0.1, -0.05) is 97.1 Å². The Morgan fingerprint density at radius 3 is 1.63 bits per heavy atom. The molecule has 6 heteroatoms. The van der Waals surface area contributed by atoms with Gasteiger partial charge in [0.05, 0.1) is 11.5 Å². The summed E-state index contributed by atoms with van der Waals surface area (Å²) >= 11 is 0. The van der Waals surface area contributed by atoms with E-state index in [1.54, 1.807) is 5.06 Å². The van der Waals surface area contributed by atoms with E-state index in [0.29, 0.717) is 0 Å². The van der Waals surface area contributed by atoms with Gasteiger partial charge in [-0.15, -0.1) is 0 Å². The van der Waals surface area contributed by atoms with Crippen molar-refractivity contribution in [3.05, 3.63) is 142 Å². The van der Waals surface area contributed by atoms with Crippen molar-refractivity contribution in [2.45, 2.75) is 103 Å². The van der Waals surface area contributed by atoms with Gasteiger partial charge in [0.15, 0.2) is 0 Å². The molecule has 0 bridgehead atoms. The van der Waals surface area contributed by atoms with Crippen molar-refractivity contribution in [2.75, 3.05) is 7.05 Å². The highest BCUT2D eigenvalue weighted by molar-refractivity contribution is 5.82. The number of fused-ring (bicyclic) bond motifs is 6. The van der Waals surface area contributed by atoms with Crippen LogP contribution in [-0.2, 0) is 36.2 Å². The second-order valence-corrected chi connectivity index (χ2v) is 15.4. The highest BCUT2D eigenvalue weighted by Crippen LogP contribution is 2.44. The summed E-state index contributed by atoms with van der Waals surface area (Å²) in [5, 5.41) is 5.27. The molecule has 6 nitrogen and oxygen atoms in total. The lowest BCUT2D eigenvalue weighted by atomic mass is 9.83. The molecule has 0 atom stereocenters. The lowest BCUT2D eigenvalue weighted by Gasteiger charge is -2.32. The molecule has 0 saturated heterocycles. The third-order valence-electron chi connectivity index (χ3n) is 9.14. The summed E-state index contributed by atoms with van der Waals surface area (Å²) in [4.78, 5) is 20.8. The second-order valence-electron chi connectivity index (χ2n) is 15.4. The Morgan fingerprint density at radius 2 is 1.14 bits per heavy atom. The van der Waals surface area contributed by atoms with Crippen molar-refractivity contribution in [3.8, 4) is 0 Å². The molecular weight excluding hydrogens is 603 g/mol. The Balaban J connectivity index is 0.000000171. The van der Waals surface area contributed by atoms with Gasteiger partial charge in [-0.25, -0.2) is 24.9 Å². The number of aryl methyl sites for hydroxylation is 4. The van der Waals surface area contributed by atoms with E-state index in [9.17, 15) is 0 Å². The average Bonchev–Trinajstić information content (AvgIpc) is 3.37. The van der Waals surface area contributed by atoms with Crippen LogP contribution in [0.2, 0.25) is 0 Å². The first-order valence-corrected chi connectivity index (χ1v) is 17.7. The summed E-state index contributed by atoms with van der Waals surface area (Å²) < 4.78 is 0. The minimum Gasteiger partial charge on any atom is -0.350 e. The van der Waals surface area contributed by atoms with Gasteiger partial charge in [0.25, 0.3) is 0 Å². The molecular formula is C43H51N5O. The predicted octanol–water partition coefficient (Wildman–Crippen LogP) is 9.23. The number of nitrogens with one attached hydrogen (secondary N) is 1. The summed E-state index contributed by atoms with van der Waals surface area (Å²) in [5.74, 6) is 0.766. The molecule has 1 heterocycles. The Hall–Kier alpha value is -4.51. The summed E-state index contributed by atoms with van der Waals surface area (Å²) in [5.41, 5.74) is 9.22. The molecule has 0 saturated carbocycles. The van der Waals surface area contributed by atoms with E-state index >= 15 is 0 Å². The van der Waals surface area contributed by atoms with Crippen molar-refractivity contribution in [2.24, 2.45) is 15.0 Å². The van der Waals surface area contributed by atoms with Crippen molar-refractivity contribution in [3.63, 3.8) is 0 Å². The standard InChI is InChI=1S/C22H27N3O.C21H24N2/c1-21(2,3)23-20-24-22(26-25(20)4)18-14-7-5-10-16(18)12-9-13-17-11-6-8-15-19(17)22;1-21(2,3)23-15-22-20-18-13-6-4-9-16(18)11-8-12-17-10-5-7-14-19(17)20/h5-8,10-11,14-15H,9,12-13H2,1-4H3,(H,23,24);4-7,9-10,13-14,20H,8,11-12H2,1-3H3.